The number of carbonyl (C=O) groups excluding carboxylic acids is 2. The molecule has 0 bridgehead atoms. The lowest BCUT2D eigenvalue weighted by atomic mass is 10.2. The average Bonchev–Trinajstić information content (AvgIpc) is 2.45. The SMILES string of the molecule is C=CCN(CC=C)C(=O)CNc1ccc(NC(C)=O)cc1. The van der Waals surface area contributed by atoms with E-state index in [1.807, 2.05) is 12.1 Å². The van der Waals surface area contributed by atoms with Crippen LogP contribution in [0.1, 0.15) is 6.92 Å². The van der Waals surface area contributed by atoms with E-state index >= 15 is 0 Å². The van der Waals surface area contributed by atoms with Crippen LogP contribution >= 0.6 is 0 Å². The summed E-state index contributed by atoms with van der Waals surface area (Å²) in [6.45, 7) is 9.91. The summed E-state index contributed by atoms with van der Waals surface area (Å²) in [6.07, 6.45) is 3.37. The number of nitrogens with one attached hydrogen (secondary N) is 2. The van der Waals surface area contributed by atoms with Crippen LogP contribution in [0, 0.1) is 0 Å². The van der Waals surface area contributed by atoms with Crippen LogP contribution in [-0.4, -0.2) is 36.3 Å². The molecular weight excluding hydrogens is 266 g/mol. The maximum atomic E-state index is 12.0. The van der Waals surface area contributed by atoms with Crippen molar-refractivity contribution in [1.82, 2.24) is 4.90 Å². The van der Waals surface area contributed by atoms with Crippen LogP contribution in [0.4, 0.5) is 11.4 Å². The third-order valence-corrected chi connectivity index (χ3v) is 2.70. The molecule has 0 fully saturated rings. The van der Waals surface area contributed by atoms with Gasteiger partial charge in [0.2, 0.25) is 11.8 Å². The van der Waals surface area contributed by atoms with E-state index < -0.39 is 0 Å². The molecule has 1 aromatic carbocycles. The van der Waals surface area contributed by atoms with E-state index in [2.05, 4.69) is 23.8 Å². The Morgan fingerprint density at radius 1 is 1.10 bits per heavy atom. The Bertz CT molecular complexity index is 499. The predicted octanol–water partition coefficient (Wildman–Crippen LogP) is 2.26. The topological polar surface area (TPSA) is 61.4 Å². The van der Waals surface area contributed by atoms with E-state index in [9.17, 15) is 9.59 Å². The Morgan fingerprint density at radius 3 is 2.10 bits per heavy atom. The van der Waals surface area contributed by atoms with Crippen molar-refractivity contribution in [2.45, 2.75) is 6.92 Å². The second-order valence-corrected chi connectivity index (χ2v) is 4.49. The van der Waals surface area contributed by atoms with Gasteiger partial charge in [-0.3, -0.25) is 9.59 Å². The predicted molar refractivity (Wildman–Crippen MR) is 86.2 cm³/mol. The maximum Gasteiger partial charge on any atom is 0.242 e. The van der Waals surface area contributed by atoms with Crippen molar-refractivity contribution in [3.8, 4) is 0 Å². The molecule has 0 unspecified atom stereocenters. The van der Waals surface area contributed by atoms with E-state index in [1.165, 1.54) is 6.92 Å². The monoisotopic (exact) mass is 287 g/mol. The second-order valence-electron chi connectivity index (χ2n) is 4.49. The lowest BCUT2D eigenvalue weighted by Crippen LogP contribution is -2.35. The summed E-state index contributed by atoms with van der Waals surface area (Å²) in [4.78, 5) is 24.6. The fraction of sp³-hybridized carbons (Fsp3) is 0.250. The number of hydrogen-bond acceptors (Lipinski definition) is 3. The van der Waals surface area contributed by atoms with E-state index in [1.54, 1.807) is 29.2 Å². The number of anilines is 2. The number of carbonyl (C=O) groups is 2. The Kier molecular flexibility index (Phi) is 6.74. The summed E-state index contributed by atoms with van der Waals surface area (Å²) >= 11 is 0. The Labute approximate surface area is 125 Å². The summed E-state index contributed by atoms with van der Waals surface area (Å²) in [6, 6.07) is 7.17. The smallest absolute Gasteiger partial charge is 0.242 e. The van der Waals surface area contributed by atoms with Crippen molar-refractivity contribution >= 4 is 23.2 Å². The minimum Gasteiger partial charge on any atom is -0.376 e. The van der Waals surface area contributed by atoms with Gasteiger partial charge in [-0.1, -0.05) is 12.2 Å². The van der Waals surface area contributed by atoms with Gasteiger partial charge in [-0.05, 0) is 24.3 Å². The maximum absolute atomic E-state index is 12.0. The van der Waals surface area contributed by atoms with Gasteiger partial charge in [-0.25, -0.2) is 0 Å². The first-order valence-corrected chi connectivity index (χ1v) is 6.68. The van der Waals surface area contributed by atoms with Crippen LogP contribution in [0.5, 0.6) is 0 Å². The number of nitrogens with zero attached hydrogens (tertiary/aromatic N) is 1. The van der Waals surface area contributed by atoms with Crippen molar-refractivity contribution in [1.29, 1.82) is 0 Å². The first-order valence-electron chi connectivity index (χ1n) is 6.68. The Balaban J connectivity index is 2.53. The van der Waals surface area contributed by atoms with E-state index in [-0.39, 0.29) is 18.4 Å². The molecule has 2 amide bonds. The average molecular weight is 287 g/mol. The summed E-state index contributed by atoms with van der Waals surface area (Å²) in [5.41, 5.74) is 1.54. The van der Waals surface area contributed by atoms with Crippen LogP contribution in [0.3, 0.4) is 0 Å². The molecule has 0 heterocycles. The van der Waals surface area contributed by atoms with Gasteiger partial charge < -0.3 is 15.5 Å². The molecule has 1 rings (SSSR count). The van der Waals surface area contributed by atoms with Gasteiger partial charge in [-0.2, -0.15) is 0 Å². The molecule has 0 aliphatic heterocycles. The number of hydrogen-bond donors (Lipinski definition) is 2. The molecule has 5 nitrogen and oxygen atoms in total. The quantitative estimate of drug-likeness (QED) is 0.721. The molecule has 5 heteroatoms. The van der Waals surface area contributed by atoms with Gasteiger partial charge in [0.25, 0.3) is 0 Å². The summed E-state index contributed by atoms with van der Waals surface area (Å²) in [5.74, 6) is -0.142. The standard InChI is InChI=1S/C16H21N3O2/c1-4-10-19(11-5-2)16(21)12-17-14-6-8-15(9-7-14)18-13(3)20/h4-9,17H,1-2,10-12H2,3H3,(H,18,20). The highest BCUT2D eigenvalue weighted by atomic mass is 16.2. The molecule has 0 aromatic heterocycles. The molecule has 0 spiro atoms. The summed E-state index contributed by atoms with van der Waals surface area (Å²) in [5, 5.41) is 5.73. The molecule has 2 N–H and O–H groups in total. The van der Waals surface area contributed by atoms with Gasteiger partial charge in [0.1, 0.15) is 0 Å². The van der Waals surface area contributed by atoms with Gasteiger partial charge >= 0.3 is 0 Å². The van der Waals surface area contributed by atoms with Crippen molar-refractivity contribution in [3.05, 3.63) is 49.6 Å². The minimum absolute atomic E-state index is 0.0271. The molecule has 0 aliphatic carbocycles. The molecule has 0 saturated heterocycles. The first kappa shape index (κ1) is 16.5. The van der Waals surface area contributed by atoms with Gasteiger partial charge in [0.15, 0.2) is 0 Å². The van der Waals surface area contributed by atoms with Crippen LogP contribution in [-0.2, 0) is 9.59 Å². The van der Waals surface area contributed by atoms with Gasteiger partial charge in [-0.15, -0.1) is 13.2 Å². The Hall–Kier alpha value is -2.56. The van der Waals surface area contributed by atoms with Crippen LogP contribution in [0.2, 0.25) is 0 Å². The highest BCUT2D eigenvalue weighted by molar-refractivity contribution is 5.89. The minimum atomic E-state index is -0.115. The molecule has 0 aliphatic rings. The molecule has 21 heavy (non-hydrogen) atoms. The molecule has 0 saturated carbocycles. The van der Waals surface area contributed by atoms with Crippen molar-refractivity contribution in [3.63, 3.8) is 0 Å². The van der Waals surface area contributed by atoms with E-state index in [0.717, 1.165) is 11.4 Å². The van der Waals surface area contributed by atoms with Crippen molar-refractivity contribution in [2.24, 2.45) is 0 Å². The fourth-order valence-electron chi connectivity index (χ4n) is 1.75. The third kappa shape index (κ3) is 5.95. The third-order valence-electron chi connectivity index (χ3n) is 2.70. The Morgan fingerprint density at radius 2 is 1.62 bits per heavy atom. The molecule has 1 aromatic rings. The van der Waals surface area contributed by atoms with Gasteiger partial charge in [0.05, 0.1) is 6.54 Å². The second kappa shape index (κ2) is 8.58. The number of amides is 2. The van der Waals surface area contributed by atoms with Crippen molar-refractivity contribution < 1.29 is 9.59 Å². The first-order chi connectivity index (χ1) is 10.1. The zero-order chi connectivity index (χ0) is 15.7. The highest BCUT2D eigenvalue weighted by Gasteiger charge is 2.09. The van der Waals surface area contributed by atoms with Crippen LogP contribution in [0.25, 0.3) is 0 Å². The lowest BCUT2D eigenvalue weighted by molar-refractivity contribution is -0.128. The molecule has 0 radical (unpaired) electrons. The van der Waals surface area contributed by atoms with Gasteiger partial charge in [0, 0.05) is 31.4 Å². The largest absolute Gasteiger partial charge is 0.376 e. The molecular formula is C16H21N3O2. The summed E-state index contributed by atoms with van der Waals surface area (Å²) < 4.78 is 0. The molecule has 0 atom stereocenters. The highest BCUT2D eigenvalue weighted by Crippen LogP contribution is 2.13. The summed E-state index contributed by atoms with van der Waals surface area (Å²) in [7, 11) is 0. The van der Waals surface area contributed by atoms with Crippen molar-refractivity contribution in [2.75, 3.05) is 30.3 Å². The zero-order valence-electron chi connectivity index (χ0n) is 12.3. The number of rotatable bonds is 8. The molecule has 112 valence electrons. The van der Waals surface area contributed by atoms with Crippen LogP contribution in [0.15, 0.2) is 49.6 Å². The normalized spacial score (nSPS) is 9.57. The lowest BCUT2D eigenvalue weighted by Gasteiger charge is -2.19. The fourth-order valence-corrected chi connectivity index (χ4v) is 1.75. The van der Waals surface area contributed by atoms with Crippen LogP contribution < -0.4 is 10.6 Å². The van der Waals surface area contributed by atoms with E-state index in [4.69, 9.17) is 0 Å². The number of benzene rings is 1. The zero-order valence-corrected chi connectivity index (χ0v) is 12.3. The van der Waals surface area contributed by atoms with E-state index in [0.29, 0.717) is 13.1 Å².